The van der Waals surface area contributed by atoms with Gasteiger partial charge in [0.1, 0.15) is 11.4 Å². The van der Waals surface area contributed by atoms with Crippen LogP contribution in [0.25, 0.3) is 22.0 Å². The van der Waals surface area contributed by atoms with E-state index in [2.05, 4.69) is 5.32 Å². The van der Waals surface area contributed by atoms with E-state index in [9.17, 15) is 18.3 Å². The number of nitrogens with zero attached hydrogens (tertiary/aromatic N) is 2. The standard InChI is InChI=1S/C29H38FN3O6S/c1-8-38-27(34)21-11-9-10-20(16-21)26-19(2)33(18-22(30)14-15-31-28(35)39-29(3,4)5)25-13-12-23(17-24(25)26)40(36,37)32(6)7/h9-14,16-17,27,34H,8,15,18H2,1-7H3,(H,31,35)/b22-14-. The van der Waals surface area contributed by atoms with Crippen LogP contribution in [0.4, 0.5) is 9.18 Å². The van der Waals surface area contributed by atoms with Gasteiger partial charge in [-0.3, -0.25) is 0 Å². The van der Waals surface area contributed by atoms with E-state index in [0.29, 0.717) is 39.9 Å². The minimum atomic E-state index is -3.73. The number of fused-ring (bicyclic) bond motifs is 1. The molecule has 0 saturated heterocycles. The number of sulfonamides is 1. The zero-order valence-corrected chi connectivity index (χ0v) is 24.8. The van der Waals surface area contributed by atoms with Gasteiger partial charge in [0.2, 0.25) is 10.0 Å². The zero-order valence-electron chi connectivity index (χ0n) is 24.0. The Hall–Kier alpha value is -3.25. The second kappa shape index (κ2) is 12.5. The highest BCUT2D eigenvalue weighted by Crippen LogP contribution is 2.37. The van der Waals surface area contributed by atoms with E-state index < -0.39 is 33.8 Å². The molecule has 0 radical (unpaired) electrons. The van der Waals surface area contributed by atoms with Crippen molar-refractivity contribution >= 4 is 27.0 Å². The van der Waals surface area contributed by atoms with E-state index >= 15 is 4.39 Å². The predicted octanol–water partition coefficient (Wildman–Crippen LogP) is 5.27. The number of rotatable bonds is 10. The zero-order chi connectivity index (χ0) is 29.8. The Kier molecular flexibility index (Phi) is 9.78. The topological polar surface area (TPSA) is 110 Å². The molecule has 1 atom stereocenters. The molecule has 3 rings (SSSR count). The lowest BCUT2D eigenvalue weighted by Crippen LogP contribution is -2.32. The van der Waals surface area contributed by atoms with Crippen molar-refractivity contribution < 1.29 is 32.2 Å². The average molecular weight is 576 g/mol. The van der Waals surface area contributed by atoms with E-state index in [1.54, 1.807) is 62.6 Å². The number of aliphatic hydroxyl groups is 1. The van der Waals surface area contributed by atoms with Gasteiger partial charge in [0.25, 0.3) is 0 Å². The van der Waals surface area contributed by atoms with Crippen LogP contribution in [0, 0.1) is 6.92 Å². The molecule has 11 heteroatoms. The predicted molar refractivity (Wildman–Crippen MR) is 153 cm³/mol. The van der Waals surface area contributed by atoms with E-state index in [4.69, 9.17) is 9.47 Å². The second-order valence-corrected chi connectivity index (χ2v) is 12.6. The van der Waals surface area contributed by atoms with Gasteiger partial charge in [-0.15, -0.1) is 0 Å². The number of alkyl carbamates (subject to hydrolysis) is 1. The smallest absolute Gasteiger partial charge is 0.407 e. The largest absolute Gasteiger partial charge is 0.444 e. The Morgan fingerprint density at radius 2 is 1.90 bits per heavy atom. The van der Waals surface area contributed by atoms with Crippen LogP contribution in [0.2, 0.25) is 0 Å². The molecule has 2 N–H and O–H groups in total. The number of aliphatic hydroxyl groups excluding tert-OH is 1. The first kappa shape index (κ1) is 31.3. The van der Waals surface area contributed by atoms with E-state index in [1.807, 2.05) is 13.0 Å². The van der Waals surface area contributed by atoms with Crippen LogP contribution in [0.5, 0.6) is 0 Å². The molecule has 0 fully saturated rings. The van der Waals surface area contributed by atoms with Crippen molar-refractivity contribution in [3.8, 4) is 11.1 Å². The molecule has 0 aliphatic heterocycles. The number of ether oxygens (including phenoxy) is 2. The van der Waals surface area contributed by atoms with Crippen molar-refractivity contribution in [3.05, 3.63) is 65.6 Å². The number of hydrogen-bond donors (Lipinski definition) is 2. The summed E-state index contributed by atoms with van der Waals surface area (Å²) in [4.78, 5) is 12.0. The van der Waals surface area contributed by atoms with Crippen LogP contribution in [-0.2, 0) is 26.0 Å². The number of benzene rings is 2. The van der Waals surface area contributed by atoms with Gasteiger partial charge in [-0.25, -0.2) is 21.9 Å². The highest BCUT2D eigenvalue weighted by Gasteiger charge is 2.23. The summed E-state index contributed by atoms with van der Waals surface area (Å²) in [6.45, 7) is 8.95. The minimum absolute atomic E-state index is 0.0611. The average Bonchev–Trinajstić information content (AvgIpc) is 3.13. The van der Waals surface area contributed by atoms with Crippen LogP contribution in [0.15, 0.2) is 59.3 Å². The van der Waals surface area contributed by atoms with Crippen molar-refractivity contribution in [3.63, 3.8) is 0 Å². The molecule has 218 valence electrons. The summed E-state index contributed by atoms with van der Waals surface area (Å²) in [5.41, 5.74) is 2.62. The van der Waals surface area contributed by atoms with Crippen molar-refractivity contribution in [1.82, 2.24) is 14.2 Å². The maximum Gasteiger partial charge on any atom is 0.407 e. The molecule has 3 aromatic rings. The van der Waals surface area contributed by atoms with Crippen LogP contribution in [0.3, 0.4) is 0 Å². The Balaban J connectivity index is 2.08. The van der Waals surface area contributed by atoms with Crippen LogP contribution < -0.4 is 5.32 Å². The molecule has 0 aliphatic rings. The van der Waals surface area contributed by atoms with E-state index in [-0.39, 0.29) is 18.0 Å². The van der Waals surface area contributed by atoms with Gasteiger partial charge >= 0.3 is 6.09 Å². The fourth-order valence-corrected chi connectivity index (χ4v) is 5.21. The number of aromatic nitrogens is 1. The normalized spacial score (nSPS) is 13.6. The molecule has 0 bridgehead atoms. The third-order valence-electron chi connectivity index (χ3n) is 6.14. The van der Waals surface area contributed by atoms with Crippen molar-refractivity contribution in [2.24, 2.45) is 0 Å². The maximum absolute atomic E-state index is 15.1. The molecule has 0 spiro atoms. The Bertz CT molecular complexity index is 1510. The summed E-state index contributed by atoms with van der Waals surface area (Å²) >= 11 is 0. The van der Waals surface area contributed by atoms with Gasteiger partial charge in [0, 0.05) is 55.0 Å². The molecule has 1 aromatic heterocycles. The minimum Gasteiger partial charge on any atom is -0.444 e. The van der Waals surface area contributed by atoms with E-state index in [0.717, 1.165) is 4.31 Å². The summed E-state index contributed by atoms with van der Waals surface area (Å²) in [7, 11) is -0.811. The van der Waals surface area contributed by atoms with Crippen molar-refractivity contribution in [2.45, 2.75) is 58.0 Å². The molecular weight excluding hydrogens is 537 g/mol. The number of halogens is 1. The number of carbonyl (C=O) groups is 1. The molecule has 0 aliphatic carbocycles. The third kappa shape index (κ3) is 7.28. The second-order valence-electron chi connectivity index (χ2n) is 10.5. The summed E-state index contributed by atoms with van der Waals surface area (Å²) < 4.78 is 54.4. The van der Waals surface area contributed by atoms with E-state index in [1.165, 1.54) is 26.2 Å². The SMILES string of the molecule is CCOC(O)c1cccc(-c2c(C)n(C/C(F)=C/CNC(=O)OC(C)(C)C)c3ccc(S(=O)(=O)N(C)C)cc23)c1. The molecule has 1 amide bonds. The fourth-order valence-electron chi connectivity index (χ4n) is 4.28. The lowest BCUT2D eigenvalue weighted by Gasteiger charge is -2.19. The number of allylic oxidation sites excluding steroid dienone is 1. The highest BCUT2D eigenvalue weighted by atomic mass is 32.2. The molecule has 9 nitrogen and oxygen atoms in total. The summed E-state index contributed by atoms with van der Waals surface area (Å²) in [6.07, 6.45) is -0.509. The van der Waals surface area contributed by atoms with Crippen LogP contribution in [-0.4, -0.2) is 61.3 Å². The van der Waals surface area contributed by atoms with Crippen molar-refractivity contribution in [2.75, 3.05) is 27.2 Å². The molecule has 1 unspecified atom stereocenters. The quantitative estimate of drug-likeness (QED) is 0.319. The summed E-state index contributed by atoms with van der Waals surface area (Å²) in [5, 5.41) is 13.5. The maximum atomic E-state index is 15.1. The van der Waals surface area contributed by atoms with Gasteiger partial charge in [-0.05, 0) is 70.5 Å². The van der Waals surface area contributed by atoms with Gasteiger partial charge in [0.15, 0.2) is 6.29 Å². The summed E-state index contributed by atoms with van der Waals surface area (Å²) in [6, 6.07) is 11.9. The molecular formula is C29H38FN3O6S. The van der Waals surface area contributed by atoms with Gasteiger partial charge in [0.05, 0.1) is 11.4 Å². The number of nitrogens with one attached hydrogen (secondary N) is 1. The first-order chi connectivity index (χ1) is 18.7. The molecule has 1 heterocycles. The van der Waals surface area contributed by atoms with Crippen LogP contribution >= 0.6 is 0 Å². The Labute approximate surface area is 235 Å². The Morgan fingerprint density at radius 1 is 1.20 bits per heavy atom. The monoisotopic (exact) mass is 575 g/mol. The number of hydrogen-bond acceptors (Lipinski definition) is 6. The third-order valence-corrected chi connectivity index (χ3v) is 7.95. The van der Waals surface area contributed by atoms with Gasteiger partial charge in [-0.1, -0.05) is 18.2 Å². The van der Waals surface area contributed by atoms with Gasteiger partial charge in [-0.2, -0.15) is 0 Å². The van der Waals surface area contributed by atoms with Crippen molar-refractivity contribution in [1.29, 1.82) is 0 Å². The first-order valence-corrected chi connectivity index (χ1v) is 14.4. The molecule has 40 heavy (non-hydrogen) atoms. The summed E-state index contributed by atoms with van der Waals surface area (Å²) in [5.74, 6) is -0.492. The lowest BCUT2D eigenvalue weighted by atomic mass is 10.00. The highest BCUT2D eigenvalue weighted by molar-refractivity contribution is 7.89. The van der Waals surface area contributed by atoms with Gasteiger partial charge < -0.3 is 24.5 Å². The Morgan fingerprint density at radius 3 is 2.52 bits per heavy atom. The van der Waals surface area contributed by atoms with Crippen LogP contribution in [0.1, 0.15) is 45.2 Å². The number of carbonyl (C=O) groups excluding carboxylic acids is 1. The fraction of sp³-hybridized carbons (Fsp3) is 0.414. The molecule has 2 aromatic carbocycles. The number of amides is 1. The molecule has 0 saturated carbocycles. The first-order valence-electron chi connectivity index (χ1n) is 12.9. The lowest BCUT2D eigenvalue weighted by molar-refractivity contribution is -0.0979.